The molecule has 1 heterocycles. The predicted octanol–water partition coefficient (Wildman–Crippen LogP) is 0.336. The van der Waals surface area contributed by atoms with Crippen LogP contribution < -0.4 is 0 Å². The number of aliphatic hydroxyl groups is 1. The van der Waals surface area contributed by atoms with Crippen molar-refractivity contribution in [1.29, 1.82) is 0 Å². The Kier molecular flexibility index (Phi) is 1.74. The minimum atomic E-state index is -2.81. The Morgan fingerprint density at radius 2 is 2.00 bits per heavy atom. The lowest BCUT2D eigenvalue weighted by atomic mass is 9.71. The molecule has 0 amide bonds. The van der Waals surface area contributed by atoms with Gasteiger partial charge in [0.2, 0.25) is 0 Å². The van der Waals surface area contributed by atoms with E-state index in [0.717, 1.165) is 19.3 Å². The third-order valence-corrected chi connectivity index (χ3v) is 4.98. The normalized spacial score (nSPS) is 37.6. The van der Waals surface area contributed by atoms with Crippen molar-refractivity contribution < 1.29 is 13.5 Å². The molecule has 1 unspecified atom stereocenters. The van der Waals surface area contributed by atoms with Crippen LogP contribution in [0.3, 0.4) is 0 Å². The van der Waals surface area contributed by atoms with E-state index in [1.54, 1.807) is 0 Å². The lowest BCUT2D eigenvalue weighted by Gasteiger charge is -2.41. The van der Waals surface area contributed by atoms with Crippen molar-refractivity contribution in [2.75, 3.05) is 11.5 Å². The summed E-state index contributed by atoms with van der Waals surface area (Å²) < 4.78 is 22.2. The van der Waals surface area contributed by atoms with Crippen LogP contribution in [-0.2, 0) is 9.84 Å². The van der Waals surface area contributed by atoms with E-state index >= 15 is 0 Å². The molecule has 0 spiro atoms. The monoisotopic (exact) mass is 190 g/mol. The van der Waals surface area contributed by atoms with E-state index in [4.69, 9.17) is 0 Å². The second-order valence-electron chi connectivity index (χ2n) is 4.06. The van der Waals surface area contributed by atoms with Gasteiger partial charge in [-0.1, -0.05) is 0 Å². The van der Waals surface area contributed by atoms with Crippen molar-refractivity contribution in [3.8, 4) is 0 Å². The van der Waals surface area contributed by atoms with Crippen molar-refractivity contribution in [2.45, 2.75) is 31.3 Å². The predicted molar refractivity (Wildman–Crippen MR) is 45.6 cm³/mol. The van der Waals surface area contributed by atoms with Gasteiger partial charge >= 0.3 is 0 Å². The molecule has 0 aromatic rings. The molecule has 12 heavy (non-hydrogen) atoms. The Balaban J connectivity index is 2.08. The van der Waals surface area contributed by atoms with Crippen LogP contribution in [0.1, 0.15) is 25.7 Å². The van der Waals surface area contributed by atoms with Gasteiger partial charge in [-0.15, -0.1) is 0 Å². The van der Waals surface area contributed by atoms with E-state index in [9.17, 15) is 13.5 Å². The molecular formula is C8H14O3S. The summed E-state index contributed by atoms with van der Waals surface area (Å²) >= 11 is 0. The van der Waals surface area contributed by atoms with E-state index in [1.165, 1.54) is 0 Å². The van der Waals surface area contributed by atoms with Crippen LogP contribution in [0.4, 0.5) is 0 Å². The van der Waals surface area contributed by atoms with Crippen LogP contribution >= 0.6 is 0 Å². The van der Waals surface area contributed by atoms with Gasteiger partial charge < -0.3 is 5.11 Å². The highest BCUT2D eigenvalue weighted by Crippen LogP contribution is 2.42. The molecule has 1 aliphatic carbocycles. The Hall–Kier alpha value is -0.0900. The summed E-state index contributed by atoms with van der Waals surface area (Å²) in [5.74, 6) is 0.514. The molecule has 2 rings (SSSR count). The van der Waals surface area contributed by atoms with Gasteiger partial charge in [0, 0.05) is 5.92 Å². The molecule has 1 N–H and O–H groups in total. The van der Waals surface area contributed by atoms with Crippen LogP contribution in [0.5, 0.6) is 0 Å². The SMILES string of the molecule is O=S1(=O)CCC(C2(O)CCC2)C1. The van der Waals surface area contributed by atoms with Gasteiger partial charge in [0.1, 0.15) is 0 Å². The zero-order valence-corrected chi connectivity index (χ0v) is 7.81. The Morgan fingerprint density at radius 1 is 1.33 bits per heavy atom. The summed E-state index contributed by atoms with van der Waals surface area (Å²) in [7, 11) is -2.81. The number of hydrogen-bond acceptors (Lipinski definition) is 3. The Labute approximate surface area is 72.7 Å². The van der Waals surface area contributed by atoms with Crippen LogP contribution in [0.2, 0.25) is 0 Å². The van der Waals surface area contributed by atoms with E-state index in [1.807, 2.05) is 0 Å². The van der Waals surface area contributed by atoms with Gasteiger partial charge in [0.05, 0.1) is 17.1 Å². The van der Waals surface area contributed by atoms with Crippen LogP contribution in [-0.4, -0.2) is 30.6 Å². The third kappa shape index (κ3) is 1.27. The molecule has 1 aliphatic heterocycles. The highest BCUT2D eigenvalue weighted by atomic mass is 32.2. The van der Waals surface area contributed by atoms with Gasteiger partial charge in [-0.2, -0.15) is 0 Å². The summed E-state index contributed by atoms with van der Waals surface area (Å²) in [6.45, 7) is 0. The quantitative estimate of drug-likeness (QED) is 0.648. The minimum absolute atomic E-state index is 0.0243. The summed E-state index contributed by atoms with van der Waals surface area (Å²) in [6, 6.07) is 0. The lowest BCUT2D eigenvalue weighted by molar-refractivity contribution is -0.0752. The largest absolute Gasteiger partial charge is 0.390 e. The lowest BCUT2D eigenvalue weighted by Crippen LogP contribution is -2.44. The average molecular weight is 190 g/mol. The molecule has 2 aliphatic rings. The van der Waals surface area contributed by atoms with Gasteiger partial charge in [-0.3, -0.25) is 0 Å². The van der Waals surface area contributed by atoms with E-state index in [0.29, 0.717) is 6.42 Å². The maximum absolute atomic E-state index is 11.1. The zero-order chi connectivity index (χ0) is 8.82. The second-order valence-corrected chi connectivity index (χ2v) is 6.29. The summed E-state index contributed by atoms with van der Waals surface area (Å²) in [4.78, 5) is 0. The van der Waals surface area contributed by atoms with Crippen LogP contribution in [0, 0.1) is 5.92 Å². The fourth-order valence-electron chi connectivity index (χ4n) is 2.17. The van der Waals surface area contributed by atoms with Crippen molar-refractivity contribution in [3.05, 3.63) is 0 Å². The van der Waals surface area contributed by atoms with Crippen molar-refractivity contribution in [1.82, 2.24) is 0 Å². The van der Waals surface area contributed by atoms with Crippen molar-refractivity contribution >= 4 is 9.84 Å². The molecule has 2 fully saturated rings. The van der Waals surface area contributed by atoms with E-state index in [-0.39, 0.29) is 17.4 Å². The molecule has 0 aromatic heterocycles. The van der Waals surface area contributed by atoms with Crippen LogP contribution in [0.15, 0.2) is 0 Å². The smallest absolute Gasteiger partial charge is 0.150 e. The summed E-state index contributed by atoms with van der Waals surface area (Å²) in [5.41, 5.74) is -0.621. The number of sulfone groups is 1. The third-order valence-electron chi connectivity index (χ3n) is 3.21. The molecule has 3 nitrogen and oxygen atoms in total. The van der Waals surface area contributed by atoms with E-state index in [2.05, 4.69) is 0 Å². The van der Waals surface area contributed by atoms with Crippen molar-refractivity contribution in [3.63, 3.8) is 0 Å². The maximum atomic E-state index is 11.1. The summed E-state index contributed by atoms with van der Waals surface area (Å²) in [6.07, 6.45) is 3.31. The molecular weight excluding hydrogens is 176 g/mol. The molecule has 0 radical (unpaired) electrons. The van der Waals surface area contributed by atoms with Gasteiger partial charge in [0.15, 0.2) is 9.84 Å². The molecule has 1 saturated carbocycles. The Bertz CT molecular complexity index is 277. The fourth-order valence-corrected chi connectivity index (χ4v) is 4.07. The molecule has 4 heteroatoms. The van der Waals surface area contributed by atoms with Gasteiger partial charge in [0.25, 0.3) is 0 Å². The molecule has 0 aromatic carbocycles. The van der Waals surface area contributed by atoms with Gasteiger partial charge in [-0.05, 0) is 25.7 Å². The molecule has 0 bridgehead atoms. The standard InChI is InChI=1S/C8H14O3S/c9-8(3-1-4-8)7-2-5-12(10,11)6-7/h7,9H,1-6H2. The first kappa shape index (κ1) is 8.51. The van der Waals surface area contributed by atoms with Crippen molar-refractivity contribution in [2.24, 2.45) is 5.92 Å². The minimum Gasteiger partial charge on any atom is -0.390 e. The Morgan fingerprint density at radius 3 is 2.33 bits per heavy atom. The fraction of sp³-hybridized carbons (Fsp3) is 1.00. The second kappa shape index (κ2) is 2.45. The molecule has 1 saturated heterocycles. The average Bonchev–Trinajstić information content (AvgIpc) is 2.25. The first-order chi connectivity index (χ1) is 5.52. The highest BCUT2D eigenvalue weighted by Gasteiger charge is 2.46. The maximum Gasteiger partial charge on any atom is 0.150 e. The number of hydrogen-bond donors (Lipinski definition) is 1. The van der Waals surface area contributed by atoms with Crippen LogP contribution in [0.25, 0.3) is 0 Å². The first-order valence-corrected chi connectivity index (χ1v) is 6.27. The summed E-state index contributed by atoms with van der Waals surface area (Å²) in [5, 5.41) is 9.88. The topological polar surface area (TPSA) is 54.4 Å². The van der Waals surface area contributed by atoms with E-state index < -0.39 is 15.4 Å². The number of rotatable bonds is 1. The van der Waals surface area contributed by atoms with Gasteiger partial charge in [-0.25, -0.2) is 8.42 Å². The first-order valence-electron chi connectivity index (χ1n) is 4.45. The molecule has 70 valence electrons. The zero-order valence-electron chi connectivity index (χ0n) is 6.99. The molecule has 1 atom stereocenters. The highest BCUT2D eigenvalue weighted by molar-refractivity contribution is 7.91.